The molecule has 1 amide bonds. The first-order chi connectivity index (χ1) is 13.2. The fourth-order valence-electron chi connectivity index (χ4n) is 3.60. The zero-order valence-electron chi connectivity index (χ0n) is 15.6. The van der Waals surface area contributed by atoms with E-state index >= 15 is 0 Å². The molecule has 7 nitrogen and oxygen atoms in total. The molecule has 1 fully saturated rings. The van der Waals surface area contributed by atoms with Gasteiger partial charge in [0, 0.05) is 18.4 Å². The Balaban J connectivity index is 1.36. The summed E-state index contributed by atoms with van der Waals surface area (Å²) in [5, 5.41) is 10.5. The quantitative estimate of drug-likeness (QED) is 0.718. The van der Waals surface area contributed by atoms with Crippen molar-refractivity contribution in [2.75, 3.05) is 5.75 Å². The van der Waals surface area contributed by atoms with Crippen molar-refractivity contribution in [1.29, 1.82) is 0 Å². The van der Waals surface area contributed by atoms with Gasteiger partial charge >= 0.3 is 0 Å². The SMILES string of the molecule is CC[C@@H](C)NC(=O)CSC1=NNC2C3CC(c4ccccc4)NN3C=CN12. The van der Waals surface area contributed by atoms with Crippen LogP contribution in [0, 0.1) is 0 Å². The average Bonchev–Trinajstić information content (AvgIpc) is 3.30. The first-order valence-corrected chi connectivity index (χ1v) is 10.5. The molecule has 3 N–H and O–H groups in total. The van der Waals surface area contributed by atoms with Crippen LogP contribution in [-0.2, 0) is 4.79 Å². The van der Waals surface area contributed by atoms with E-state index in [2.05, 4.69) is 68.6 Å². The summed E-state index contributed by atoms with van der Waals surface area (Å²) < 4.78 is 0. The molecule has 0 aliphatic carbocycles. The Kier molecular flexibility index (Phi) is 5.27. The molecule has 3 heterocycles. The lowest BCUT2D eigenvalue weighted by Gasteiger charge is -2.36. The topological polar surface area (TPSA) is 72.0 Å². The maximum atomic E-state index is 12.0. The minimum absolute atomic E-state index is 0.0507. The molecule has 4 atom stereocenters. The summed E-state index contributed by atoms with van der Waals surface area (Å²) in [6, 6.07) is 11.3. The number of thioether (sulfide) groups is 1. The average molecular weight is 387 g/mol. The van der Waals surface area contributed by atoms with Crippen LogP contribution in [0.15, 0.2) is 47.8 Å². The minimum atomic E-state index is 0.0507. The van der Waals surface area contributed by atoms with Crippen LogP contribution in [0.5, 0.6) is 0 Å². The van der Waals surface area contributed by atoms with E-state index in [1.807, 2.05) is 19.2 Å². The van der Waals surface area contributed by atoms with Crippen LogP contribution in [0.4, 0.5) is 0 Å². The van der Waals surface area contributed by atoms with Gasteiger partial charge in [-0.25, -0.2) is 5.43 Å². The van der Waals surface area contributed by atoms with Gasteiger partial charge in [-0.05, 0) is 25.3 Å². The number of fused-ring (bicyclic) bond motifs is 3. The number of carbonyl (C=O) groups is 1. The second-order valence-electron chi connectivity index (χ2n) is 7.14. The second-order valence-corrected chi connectivity index (χ2v) is 8.08. The highest BCUT2D eigenvalue weighted by molar-refractivity contribution is 8.14. The molecule has 1 aromatic carbocycles. The molecule has 27 heavy (non-hydrogen) atoms. The van der Waals surface area contributed by atoms with Crippen LogP contribution in [0.2, 0.25) is 0 Å². The van der Waals surface area contributed by atoms with Crippen molar-refractivity contribution in [3.63, 3.8) is 0 Å². The van der Waals surface area contributed by atoms with E-state index in [4.69, 9.17) is 0 Å². The smallest absolute Gasteiger partial charge is 0.230 e. The van der Waals surface area contributed by atoms with Gasteiger partial charge < -0.3 is 15.2 Å². The van der Waals surface area contributed by atoms with E-state index in [1.165, 1.54) is 17.3 Å². The number of benzene rings is 1. The van der Waals surface area contributed by atoms with Crippen LogP contribution >= 0.6 is 11.8 Å². The highest BCUT2D eigenvalue weighted by Gasteiger charge is 2.44. The van der Waals surface area contributed by atoms with Gasteiger partial charge in [0.1, 0.15) is 6.17 Å². The maximum Gasteiger partial charge on any atom is 0.230 e. The van der Waals surface area contributed by atoms with Gasteiger partial charge in [-0.15, -0.1) is 0 Å². The van der Waals surface area contributed by atoms with Crippen molar-refractivity contribution < 1.29 is 4.79 Å². The summed E-state index contributed by atoms with van der Waals surface area (Å²) in [4.78, 5) is 14.2. The molecule has 0 radical (unpaired) electrons. The predicted octanol–water partition coefficient (Wildman–Crippen LogP) is 1.94. The standard InChI is InChI=1S/C19H26N6OS/c1-3-13(2)20-17(26)12-27-19-22-21-18-16-11-15(14-7-5-4-6-8-14)23-25(16)10-9-24(18)19/h4-10,13,15-16,18,21,23H,3,11-12H2,1-2H3,(H,20,26)/t13-,15?,16?,18?/m1/s1. The van der Waals surface area contributed by atoms with Crippen molar-refractivity contribution in [2.24, 2.45) is 5.10 Å². The number of hydrazone groups is 1. The van der Waals surface area contributed by atoms with E-state index in [-0.39, 0.29) is 24.2 Å². The van der Waals surface area contributed by atoms with E-state index in [0.29, 0.717) is 11.8 Å². The Hall–Kier alpha value is -2.19. The van der Waals surface area contributed by atoms with E-state index in [9.17, 15) is 4.79 Å². The third-order valence-electron chi connectivity index (χ3n) is 5.26. The largest absolute Gasteiger partial charge is 0.353 e. The summed E-state index contributed by atoms with van der Waals surface area (Å²) in [7, 11) is 0. The Morgan fingerprint density at radius 3 is 2.96 bits per heavy atom. The lowest BCUT2D eigenvalue weighted by atomic mass is 10.00. The summed E-state index contributed by atoms with van der Waals surface area (Å²) in [6.07, 6.45) is 6.09. The second kappa shape index (κ2) is 7.82. The highest BCUT2D eigenvalue weighted by atomic mass is 32.2. The summed E-state index contributed by atoms with van der Waals surface area (Å²) in [5.41, 5.74) is 8.12. The van der Waals surface area contributed by atoms with Crippen molar-refractivity contribution in [2.45, 2.75) is 51.0 Å². The van der Waals surface area contributed by atoms with E-state index in [1.54, 1.807) is 0 Å². The number of amidine groups is 1. The molecule has 1 saturated heterocycles. The highest BCUT2D eigenvalue weighted by Crippen LogP contribution is 2.34. The van der Waals surface area contributed by atoms with Gasteiger partial charge in [0.2, 0.25) is 5.91 Å². The van der Waals surface area contributed by atoms with Crippen LogP contribution in [0.1, 0.15) is 38.3 Å². The van der Waals surface area contributed by atoms with Crippen LogP contribution < -0.4 is 16.2 Å². The first kappa shape index (κ1) is 18.2. The molecule has 3 aliphatic heterocycles. The molecule has 0 saturated carbocycles. The number of rotatable bonds is 5. The monoisotopic (exact) mass is 386 g/mol. The number of nitrogens with zero attached hydrogens (tertiary/aromatic N) is 3. The molecular weight excluding hydrogens is 360 g/mol. The third kappa shape index (κ3) is 3.77. The van der Waals surface area contributed by atoms with Crippen LogP contribution in [0.25, 0.3) is 0 Å². The third-order valence-corrected chi connectivity index (χ3v) is 6.23. The van der Waals surface area contributed by atoms with Gasteiger partial charge in [-0.1, -0.05) is 49.0 Å². The Bertz CT molecular complexity index is 739. The molecule has 8 heteroatoms. The number of nitrogens with one attached hydrogen (secondary N) is 3. The van der Waals surface area contributed by atoms with Gasteiger partial charge in [-0.3, -0.25) is 10.2 Å². The van der Waals surface area contributed by atoms with Crippen molar-refractivity contribution in [1.82, 2.24) is 26.1 Å². The van der Waals surface area contributed by atoms with Crippen molar-refractivity contribution >= 4 is 22.8 Å². The van der Waals surface area contributed by atoms with E-state index < -0.39 is 0 Å². The van der Waals surface area contributed by atoms with Crippen LogP contribution in [-0.4, -0.2) is 45.0 Å². The molecule has 3 aliphatic rings. The minimum Gasteiger partial charge on any atom is -0.353 e. The van der Waals surface area contributed by atoms with Crippen LogP contribution in [0.3, 0.4) is 0 Å². The van der Waals surface area contributed by atoms with Gasteiger partial charge in [0.15, 0.2) is 5.17 Å². The number of amides is 1. The molecule has 0 bridgehead atoms. The summed E-state index contributed by atoms with van der Waals surface area (Å²) in [5.74, 6) is 0.427. The fraction of sp³-hybridized carbons (Fsp3) is 0.474. The Morgan fingerprint density at radius 1 is 1.37 bits per heavy atom. The van der Waals surface area contributed by atoms with E-state index in [0.717, 1.165) is 18.0 Å². The lowest BCUT2D eigenvalue weighted by Crippen LogP contribution is -2.54. The zero-order chi connectivity index (χ0) is 18.8. The lowest BCUT2D eigenvalue weighted by molar-refractivity contribution is -0.119. The Labute approximate surface area is 164 Å². The number of carbonyl (C=O) groups excluding carboxylic acids is 1. The van der Waals surface area contributed by atoms with Gasteiger partial charge in [0.25, 0.3) is 0 Å². The normalized spacial score (nSPS) is 26.9. The molecule has 0 aromatic heterocycles. The summed E-state index contributed by atoms with van der Waals surface area (Å²) >= 11 is 1.47. The molecule has 1 aromatic rings. The first-order valence-electron chi connectivity index (χ1n) is 9.47. The predicted molar refractivity (Wildman–Crippen MR) is 108 cm³/mol. The maximum absolute atomic E-state index is 12.0. The molecule has 3 unspecified atom stereocenters. The van der Waals surface area contributed by atoms with Gasteiger partial charge in [0.05, 0.1) is 17.8 Å². The fourth-order valence-corrected chi connectivity index (χ4v) is 4.39. The van der Waals surface area contributed by atoms with Gasteiger partial charge in [-0.2, -0.15) is 5.10 Å². The zero-order valence-corrected chi connectivity index (χ0v) is 16.4. The number of hydrogen-bond acceptors (Lipinski definition) is 7. The number of hydrogen-bond donors (Lipinski definition) is 3. The molecular formula is C19H26N6OS. The van der Waals surface area contributed by atoms with Crippen molar-refractivity contribution in [3.8, 4) is 0 Å². The number of hydrazine groups is 1. The Morgan fingerprint density at radius 2 is 2.19 bits per heavy atom. The molecule has 0 spiro atoms. The molecule has 4 rings (SSSR count). The van der Waals surface area contributed by atoms with Crippen molar-refractivity contribution in [3.05, 3.63) is 48.3 Å². The summed E-state index contributed by atoms with van der Waals surface area (Å²) in [6.45, 7) is 4.09. The molecule has 144 valence electrons.